The van der Waals surface area contributed by atoms with Crippen molar-refractivity contribution in [2.45, 2.75) is 13.5 Å². The summed E-state index contributed by atoms with van der Waals surface area (Å²) in [6, 6.07) is 9.51. The number of amides is 1. The van der Waals surface area contributed by atoms with E-state index >= 15 is 0 Å². The topological polar surface area (TPSA) is 72.7 Å². The van der Waals surface area contributed by atoms with Crippen molar-refractivity contribution in [2.75, 3.05) is 5.32 Å². The number of para-hydroxylation sites is 1. The Kier molecular flexibility index (Phi) is 3.12. The normalized spacial score (nSPS) is 10.7. The average molecular weight is 267 g/mol. The summed E-state index contributed by atoms with van der Waals surface area (Å²) in [7, 11) is 0. The van der Waals surface area contributed by atoms with Crippen LogP contribution in [-0.4, -0.2) is 25.9 Å². The van der Waals surface area contributed by atoms with Crippen LogP contribution >= 0.6 is 0 Å². The van der Waals surface area contributed by atoms with Crippen LogP contribution in [0.2, 0.25) is 0 Å². The van der Waals surface area contributed by atoms with Crippen LogP contribution in [0.1, 0.15) is 5.69 Å². The molecule has 6 heteroatoms. The van der Waals surface area contributed by atoms with Crippen molar-refractivity contribution in [1.29, 1.82) is 0 Å². The molecule has 2 heterocycles. The minimum Gasteiger partial charge on any atom is -0.323 e. The second kappa shape index (κ2) is 5.08. The lowest BCUT2D eigenvalue weighted by molar-refractivity contribution is -0.117. The van der Waals surface area contributed by atoms with Gasteiger partial charge in [-0.1, -0.05) is 23.4 Å². The summed E-state index contributed by atoms with van der Waals surface area (Å²) in [5.41, 5.74) is 2.32. The van der Waals surface area contributed by atoms with Crippen molar-refractivity contribution in [3.8, 4) is 0 Å². The summed E-state index contributed by atoms with van der Waals surface area (Å²) in [5.74, 6) is -0.156. The smallest absolute Gasteiger partial charge is 0.246 e. The standard InChI is InChI=1S/C14H13N5O/c1-10-8-16-18-19(10)9-13(20)17-12-6-2-4-11-5-3-7-15-14(11)12/h2-8H,9H2,1H3,(H,17,20). The molecule has 0 unspecified atom stereocenters. The largest absolute Gasteiger partial charge is 0.323 e. The van der Waals surface area contributed by atoms with Crippen LogP contribution in [0, 0.1) is 6.92 Å². The Hall–Kier alpha value is -2.76. The molecule has 20 heavy (non-hydrogen) atoms. The Morgan fingerprint density at radius 3 is 2.95 bits per heavy atom. The number of aryl methyl sites for hydroxylation is 1. The van der Waals surface area contributed by atoms with Gasteiger partial charge >= 0.3 is 0 Å². The molecule has 0 fully saturated rings. The lowest BCUT2D eigenvalue weighted by Crippen LogP contribution is -2.20. The summed E-state index contributed by atoms with van der Waals surface area (Å²) in [5, 5.41) is 11.5. The Balaban J connectivity index is 1.83. The zero-order valence-corrected chi connectivity index (χ0v) is 10.9. The molecule has 0 atom stereocenters. The zero-order chi connectivity index (χ0) is 13.9. The van der Waals surface area contributed by atoms with E-state index in [4.69, 9.17) is 0 Å². The average Bonchev–Trinajstić information content (AvgIpc) is 2.85. The Labute approximate surface area is 115 Å². The van der Waals surface area contributed by atoms with Gasteiger partial charge in [-0.2, -0.15) is 0 Å². The Bertz CT molecular complexity index is 760. The van der Waals surface area contributed by atoms with Gasteiger partial charge in [0.1, 0.15) is 6.54 Å². The highest BCUT2D eigenvalue weighted by atomic mass is 16.2. The zero-order valence-electron chi connectivity index (χ0n) is 10.9. The maximum absolute atomic E-state index is 12.0. The molecule has 2 aromatic heterocycles. The molecule has 0 aliphatic rings. The number of hydrogen-bond acceptors (Lipinski definition) is 4. The molecule has 3 aromatic rings. The van der Waals surface area contributed by atoms with Crippen molar-refractivity contribution < 1.29 is 4.79 Å². The molecule has 100 valence electrons. The minimum atomic E-state index is -0.156. The molecule has 1 N–H and O–H groups in total. The maximum atomic E-state index is 12.0. The predicted octanol–water partition coefficient (Wildman–Crippen LogP) is 1.77. The van der Waals surface area contributed by atoms with Crippen LogP contribution in [0.25, 0.3) is 10.9 Å². The summed E-state index contributed by atoms with van der Waals surface area (Å²) in [4.78, 5) is 16.3. The van der Waals surface area contributed by atoms with Crippen molar-refractivity contribution in [1.82, 2.24) is 20.0 Å². The maximum Gasteiger partial charge on any atom is 0.246 e. The summed E-state index contributed by atoms with van der Waals surface area (Å²) in [6.07, 6.45) is 3.33. The van der Waals surface area contributed by atoms with E-state index in [1.165, 1.54) is 0 Å². The number of nitrogens with zero attached hydrogens (tertiary/aromatic N) is 4. The fourth-order valence-corrected chi connectivity index (χ4v) is 2.00. The number of rotatable bonds is 3. The lowest BCUT2D eigenvalue weighted by atomic mass is 10.2. The lowest BCUT2D eigenvalue weighted by Gasteiger charge is -2.08. The highest BCUT2D eigenvalue weighted by Crippen LogP contribution is 2.20. The molecule has 0 spiro atoms. The van der Waals surface area contributed by atoms with E-state index in [0.717, 1.165) is 16.6 Å². The van der Waals surface area contributed by atoms with Crippen LogP contribution in [0.3, 0.4) is 0 Å². The van der Waals surface area contributed by atoms with Gasteiger partial charge in [-0.3, -0.25) is 9.78 Å². The van der Waals surface area contributed by atoms with Gasteiger partial charge in [0, 0.05) is 11.6 Å². The molecule has 0 saturated carbocycles. The predicted molar refractivity (Wildman–Crippen MR) is 75.1 cm³/mol. The van der Waals surface area contributed by atoms with Gasteiger partial charge in [-0.05, 0) is 19.1 Å². The molecule has 0 aliphatic heterocycles. The Morgan fingerprint density at radius 2 is 2.15 bits per heavy atom. The first kappa shape index (κ1) is 12.3. The number of carbonyl (C=O) groups is 1. The fraction of sp³-hybridized carbons (Fsp3) is 0.143. The van der Waals surface area contributed by atoms with Gasteiger partial charge in [0.25, 0.3) is 0 Å². The van der Waals surface area contributed by atoms with Gasteiger partial charge in [0.05, 0.1) is 23.1 Å². The van der Waals surface area contributed by atoms with E-state index in [2.05, 4.69) is 20.6 Å². The van der Waals surface area contributed by atoms with Gasteiger partial charge in [0.15, 0.2) is 0 Å². The number of fused-ring (bicyclic) bond motifs is 1. The monoisotopic (exact) mass is 267 g/mol. The highest BCUT2D eigenvalue weighted by molar-refractivity contribution is 6.00. The number of anilines is 1. The van der Waals surface area contributed by atoms with Crippen LogP contribution in [0.4, 0.5) is 5.69 Å². The second-order valence-electron chi connectivity index (χ2n) is 4.46. The number of hydrogen-bond donors (Lipinski definition) is 1. The van der Waals surface area contributed by atoms with Crippen LogP contribution in [0.5, 0.6) is 0 Å². The SMILES string of the molecule is Cc1cnnn1CC(=O)Nc1cccc2cccnc12. The number of nitrogens with one attached hydrogen (secondary N) is 1. The molecular formula is C14H13N5O. The molecule has 6 nitrogen and oxygen atoms in total. The fourth-order valence-electron chi connectivity index (χ4n) is 2.00. The molecule has 0 saturated heterocycles. The van der Waals surface area contributed by atoms with Crippen LogP contribution in [0.15, 0.2) is 42.7 Å². The third-order valence-electron chi connectivity index (χ3n) is 3.01. The Morgan fingerprint density at radius 1 is 1.30 bits per heavy atom. The van der Waals surface area contributed by atoms with E-state index in [1.807, 2.05) is 37.3 Å². The van der Waals surface area contributed by atoms with Crippen LogP contribution < -0.4 is 5.32 Å². The molecule has 0 aliphatic carbocycles. The number of pyridine rings is 1. The van der Waals surface area contributed by atoms with Crippen molar-refractivity contribution in [3.63, 3.8) is 0 Å². The van der Waals surface area contributed by atoms with Gasteiger partial charge in [-0.25, -0.2) is 4.68 Å². The number of carbonyl (C=O) groups excluding carboxylic acids is 1. The summed E-state index contributed by atoms with van der Waals surface area (Å²) < 4.78 is 1.55. The third kappa shape index (κ3) is 2.35. The van der Waals surface area contributed by atoms with Gasteiger partial charge < -0.3 is 5.32 Å². The number of benzene rings is 1. The first-order valence-electron chi connectivity index (χ1n) is 6.23. The summed E-state index contributed by atoms with van der Waals surface area (Å²) in [6.45, 7) is 1.99. The van der Waals surface area contributed by atoms with Crippen molar-refractivity contribution in [3.05, 3.63) is 48.4 Å². The van der Waals surface area contributed by atoms with Gasteiger partial charge in [0.2, 0.25) is 5.91 Å². The van der Waals surface area contributed by atoms with E-state index in [1.54, 1.807) is 17.1 Å². The molecular weight excluding hydrogens is 254 g/mol. The van der Waals surface area contributed by atoms with E-state index in [-0.39, 0.29) is 12.5 Å². The van der Waals surface area contributed by atoms with E-state index in [9.17, 15) is 4.79 Å². The van der Waals surface area contributed by atoms with Crippen molar-refractivity contribution >= 4 is 22.5 Å². The van der Waals surface area contributed by atoms with Gasteiger partial charge in [-0.15, -0.1) is 5.10 Å². The second-order valence-corrected chi connectivity index (χ2v) is 4.46. The summed E-state index contributed by atoms with van der Waals surface area (Å²) >= 11 is 0. The first-order chi connectivity index (χ1) is 9.74. The molecule has 0 radical (unpaired) electrons. The molecule has 1 aromatic carbocycles. The number of aromatic nitrogens is 4. The van der Waals surface area contributed by atoms with E-state index in [0.29, 0.717) is 5.69 Å². The minimum absolute atomic E-state index is 0.134. The quantitative estimate of drug-likeness (QED) is 0.785. The van der Waals surface area contributed by atoms with E-state index < -0.39 is 0 Å². The third-order valence-corrected chi connectivity index (χ3v) is 3.01. The highest BCUT2D eigenvalue weighted by Gasteiger charge is 2.09. The first-order valence-corrected chi connectivity index (χ1v) is 6.23. The van der Waals surface area contributed by atoms with Crippen molar-refractivity contribution in [2.24, 2.45) is 0 Å². The molecule has 0 bridgehead atoms. The van der Waals surface area contributed by atoms with Crippen LogP contribution in [-0.2, 0) is 11.3 Å². The molecule has 1 amide bonds. The molecule has 3 rings (SSSR count).